The number of sulfonamides is 1. The van der Waals surface area contributed by atoms with E-state index >= 15 is 0 Å². The second-order valence-corrected chi connectivity index (χ2v) is 8.72. The number of nitrogens with zero attached hydrogens (tertiary/aromatic N) is 3. The average molecular weight is 426 g/mol. The van der Waals surface area contributed by atoms with Gasteiger partial charge in [0.1, 0.15) is 6.54 Å². The topological polar surface area (TPSA) is 101 Å². The van der Waals surface area contributed by atoms with Crippen molar-refractivity contribution in [3.63, 3.8) is 0 Å². The number of carbonyl (C=O) groups is 1. The number of non-ortho nitro benzene ring substituents is 1. The number of hydrogen-bond donors (Lipinski definition) is 0. The third-order valence-corrected chi connectivity index (χ3v) is 5.49. The average Bonchev–Trinajstić information content (AvgIpc) is 2.61. The molecule has 0 radical (unpaired) electrons. The van der Waals surface area contributed by atoms with Crippen molar-refractivity contribution in [2.45, 2.75) is 13.5 Å². The van der Waals surface area contributed by atoms with Crippen LogP contribution in [0, 0.1) is 17.0 Å². The molecule has 8 nitrogen and oxygen atoms in total. The summed E-state index contributed by atoms with van der Waals surface area (Å²) in [6, 6.07) is 10.8. The standard InChI is InChI=1S/C18H20ClN3O5S/c1-13-4-9-16(22(24)25)10-17(13)21(28(3,26)27)12-18(23)20(2)11-14-5-7-15(19)8-6-14/h4-10H,11-12H2,1-3H3. The van der Waals surface area contributed by atoms with Crippen molar-refractivity contribution in [1.29, 1.82) is 0 Å². The number of anilines is 1. The largest absolute Gasteiger partial charge is 0.340 e. The quantitative estimate of drug-likeness (QED) is 0.501. The fraction of sp³-hybridized carbons (Fsp3) is 0.278. The van der Waals surface area contributed by atoms with Crippen LogP contribution in [0.3, 0.4) is 0 Å². The Morgan fingerprint density at radius 3 is 2.32 bits per heavy atom. The molecule has 2 aromatic carbocycles. The van der Waals surface area contributed by atoms with Crippen molar-refractivity contribution in [1.82, 2.24) is 4.90 Å². The van der Waals surface area contributed by atoms with Crippen molar-refractivity contribution in [3.05, 3.63) is 68.7 Å². The maximum Gasteiger partial charge on any atom is 0.271 e. The minimum Gasteiger partial charge on any atom is -0.340 e. The molecular weight excluding hydrogens is 406 g/mol. The molecule has 10 heteroatoms. The molecule has 0 saturated carbocycles. The van der Waals surface area contributed by atoms with E-state index in [2.05, 4.69) is 0 Å². The van der Waals surface area contributed by atoms with Gasteiger partial charge in [0.2, 0.25) is 15.9 Å². The van der Waals surface area contributed by atoms with E-state index in [1.54, 1.807) is 38.2 Å². The molecule has 2 rings (SSSR count). The number of nitro benzene ring substituents is 1. The first-order valence-corrected chi connectivity index (χ1v) is 10.4. The van der Waals surface area contributed by atoms with Gasteiger partial charge in [0.15, 0.2) is 0 Å². The van der Waals surface area contributed by atoms with Gasteiger partial charge in [-0.15, -0.1) is 0 Å². The molecule has 0 saturated heterocycles. The lowest BCUT2D eigenvalue weighted by Gasteiger charge is -2.26. The summed E-state index contributed by atoms with van der Waals surface area (Å²) >= 11 is 5.85. The van der Waals surface area contributed by atoms with E-state index in [0.717, 1.165) is 22.2 Å². The highest BCUT2D eigenvalue weighted by Gasteiger charge is 2.25. The Balaban J connectivity index is 2.27. The summed E-state index contributed by atoms with van der Waals surface area (Å²) < 4.78 is 25.5. The Morgan fingerprint density at radius 1 is 1.18 bits per heavy atom. The number of halogens is 1. The van der Waals surface area contributed by atoms with Crippen molar-refractivity contribution in [3.8, 4) is 0 Å². The molecule has 0 aromatic heterocycles. The first-order chi connectivity index (χ1) is 13.0. The second kappa shape index (κ2) is 8.57. The minimum absolute atomic E-state index is 0.102. The Hall–Kier alpha value is -2.65. The SMILES string of the molecule is Cc1ccc([N+](=O)[O-])cc1N(CC(=O)N(C)Cc1ccc(Cl)cc1)S(C)(=O)=O. The number of hydrogen-bond acceptors (Lipinski definition) is 5. The van der Waals surface area contributed by atoms with Crippen LogP contribution in [0.2, 0.25) is 5.02 Å². The molecule has 0 aliphatic rings. The van der Waals surface area contributed by atoms with Crippen LogP contribution in [0.15, 0.2) is 42.5 Å². The first kappa shape index (κ1) is 21.6. The van der Waals surface area contributed by atoms with Crippen LogP contribution < -0.4 is 4.31 Å². The maximum absolute atomic E-state index is 12.6. The number of nitro groups is 1. The Bertz CT molecular complexity index is 993. The molecule has 0 aliphatic carbocycles. The second-order valence-electron chi connectivity index (χ2n) is 6.37. The van der Waals surface area contributed by atoms with Gasteiger partial charge in [0.25, 0.3) is 5.69 Å². The van der Waals surface area contributed by atoms with Crippen LogP contribution in [0.25, 0.3) is 0 Å². The monoisotopic (exact) mass is 425 g/mol. The molecule has 2 aromatic rings. The van der Waals surface area contributed by atoms with E-state index in [-0.39, 0.29) is 17.9 Å². The maximum atomic E-state index is 12.6. The first-order valence-electron chi connectivity index (χ1n) is 8.20. The number of aryl methyl sites for hydroxylation is 1. The zero-order chi connectivity index (χ0) is 21.1. The molecule has 0 spiro atoms. The molecule has 0 bridgehead atoms. The van der Waals surface area contributed by atoms with Crippen LogP contribution in [-0.4, -0.2) is 44.0 Å². The lowest BCUT2D eigenvalue weighted by molar-refractivity contribution is -0.384. The normalized spacial score (nSPS) is 11.1. The number of amides is 1. The molecule has 0 heterocycles. The summed E-state index contributed by atoms with van der Waals surface area (Å²) in [4.78, 5) is 24.5. The highest BCUT2D eigenvalue weighted by Crippen LogP contribution is 2.27. The lowest BCUT2D eigenvalue weighted by Crippen LogP contribution is -2.41. The summed E-state index contributed by atoms with van der Waals surface area (Å²) in [7, 11) is -2.29. The molecule has 0 unspecified atom stereocenters. The Labute approximate surface area is 168 Å². The van der Waals surface area contributed by atoms with Gasteiger partial charge in [-0.1, -0.05) is 29.8 Å². The van der Waals surface area contributed by atoms with Gasteiger partial charge >= 0.3 is 0 Å². The molecule has 0 atom stereocenters. The van der Waals surface area contributed by atoms with E-state index in [4.69, 9.17) is 11.6 Å². The number of carbonyl (C=O) groups excluding carboxylic acids is 1. The van der Waals surface area contributed by atoms with Crippen molar-refractivity contribution in [2.75, 3.05) is 24.2 Å². The fourth-order valence-corrected chi connectivity index (χ4v) is 3.58. The minimum atomic E-state index is -3.84. The Kier molecular flexibility index (Phi) is 6.63. The van der Waals surface area contributed by atoms with E-state index in [0.29, 0.717) is 10.6 Å². The van der Waals surface area contributed by atoms with Gasteiger partial charge in [-0.3, -0.25) is 19.2 Å². The Morgan fingerprint density at radius 2 is 1.79 bits per heavy atom. The number of likely N-dealkylation sites (N-methyl/N-ethyl adjacent to an activating group) is 1. The van der Waals surface area contributed by atoms with Gasteiger partial charge in [0.05, 0.1) is 16.9 Å². The highest BCUT2D eigenvalue weighted by molar-refractivity contribution is 7.92. The summed E-state index contributed by atoms with van der Waals surface area (Å²) in [5, 5.41) is 11.6. The summed E-state index contributed by atoms with van der Waals surface area (Å²) in [5.41, 5.74) is 1.18. The zero-order valence-electron chi connectivity index (χ0n) is 15.6. The molecule has 0 N–H and O–H groups in total. The van der Waals surface area contributed by atoms with E-state index in [9.17, 15) is 23.3 Å². The molecular formula is C18H20ClN3O5S. The van der Waals surface area contributed by atoms with Gasteiger partial charge in [-0.25, -0.2) is 8.42 Å². The lowest BCUT2D eigenvalue weighted by atomic mass is 10.2. The van der Waals surface area contributed by atoms with Gasteiger partial charge < -0.3 is 4.90 Å². The summed E-state index contributed by atoms with van der Waals surface area (Å²) in [5.74, 6) is -0.453. The van der Waals surface area contributed by atoms with Crippen LogP contribution in [0.1, 0.15) is 11.1 Å². The van der Waals surface area contributed by atoms with Crippen LogP contribution in [0.5, 0.6) is 0 Å². The molecule has 28 heavy (non-hydrogen) atoms. The third kappa shape index (κ3) is 5.43. The molecule has 150 valence electrons. The van der Waals surface area contributed by atoms with Crippen molar-refractivity contribution in [2.24, 2.45) is 0 Å². The summed E-state index contributed by atoms with van der Waals surface area (Å²) in [6.07, 6.45) is 0.956. The fourth-order valence-electron chi connectivity index (χ4n) is 2.56. The van der Waals surface area contributed by atoms with E-state index < -0.39 is 27.4 Å². The zero-order valence-corrected chi connectivity index (χ0v) is 17.2. The molecule has 0 aliphatic heterocycles. The number of rotatable bonds is 7. The van der Waals surface area contributed by atoms with Gasteiger partial charge in [0, 0.05) is 30.7 Å². The molecule has 1 amide bonds. The molecule has 0 fully saturated rings. The van der Waals surface area contributed by atoms with Crippen LogP contribution >= 0.6 is 11.6 Å². The van der Waals surface area contributed by atoms with Gasteiger partial charge in [-0.2, -0.15) is 0 Å². The summed E-state index contributed by atoms with van der Waals surface area (Å²) in [6.45, 7) is 1.42. The van der Waals surface area contributed by atoms with Crippen molar-refractivity contribution >= 4 is 38.9 Å². The third-order valence-electron chi connectivity index (χ3n) is 4.11. The highest BCUT2D eigenvalue weighted by atomic mass is 35.5. The predicted octanol–water partition coefficient (Wildman–Crippen LogP) is 2.98. The van der Waals surface area contributed by atoms with Crippen molar-refractivity contribution < 1.29 is 18.1 Å². The predicted molar refractivity (Wildman–Crippen MR) is 108 cm³/mol. The van der Waals surface area contributed by atoms with Crippen LogP contribution in [0.4, 0.5) is 11.4 Å². The smallest absolute Gasteiger partial charge is 0.271 e. The van der Waals surface area contributed by atoms with Crippen LogP contribution in [-0.2, 0) is 21.4 Å². The van der Waals surface area contributed by atoms with E-state index in [1.807, 2.05) is 0 Å². The van der Waals surface area contributed by atoms with E-state index in [1.165, 1.54) is 17.0 Å². The van der Waals surface area contributed by atoms with Gasteiger partial charge in [-0.05, 0) is 30.2 Å². The number of benzene rings is 2.